The second kappa shape index (κ2) is 6.70. The number of nitrogens with one attached hydrogen (secondary N) is 1. The summed E-state index contributed by atoms with van der Waals surface area (Å²) in [7, 11) is 0. The van der Waals surface area contributed by atoms with Gasteiger partial charge in [0.2, 0.25) is 0 Å². The summed E-state index contributed by atoms with van der Waals surface area (Å²) in [6, 6.07) is 0.337. The van der Waals surface area contributed by atoms with Gasteiger partial charge in [0.15, 0.2) is 5.82 Å². The van der Waals surface area contributed by atoms with E-state index < -0.39 is 0 Å². The molecule has 0 saturated carbocycles. The molecule has 0 aliphatic rings. The highest BCUT2D eigenvalue weighted by molar-refractivity contribution is 5.56. The van der Waals surface area contributed by atoms with Crippen molar-refractivity contribution in [3.8, 4) is 11.5 Å². The van der Waals surface area contributed by atoms with Gasteiger partial charge < -0.3 is 9.88 Å². The largest absolute Gasteiger partial charge is 0.370 e. The average Bonchev–Trinajstić information content (AvgIpc) is 2.94. The lowest BCUT2D eigenvalue weighted by Crippen LogP contribution is -2.11. The predicted octanol–water partition coefficient (Wildman–Crippen LogP) is 3.61. The molecular weight excluding hydrogens is 262 g/mol. The third kappa shape index (κ3) is 3.23. The van der Waals surface area contributed by atoms with E-state index >= 15 is 0 Å². The van der Waals surface area contributed by atoms with Crippen LogP contribution in [0.4, 0.5) is 5.82 Å². The van der Waals surface area contributed by atoms with Crippen LogP contribution in [0.2, 0.25) is 0 Å². The molecule has 2 aromatic heterocycles. The average molecular weight is 287 g/mol. The Bertz CT molecular complexity index is 601. The zero-order chi connectivity index (χ0) is 15.4. The smallest absolute Gasteiger partial charge is 0.180 e. The lowest BCUT2D eigenvalue weighted by molar-refractivity contribution is 0.603. The Morgan fingerprint density at radius 3 is 2.62 bits per heavy atom. The van der Waals surface area contributed by atoms with E-state index in [2.05, 4.69) is 54.5 Å². The van der Waals surface area contributed by atoms with E-state index in [4.69, 9.17) is 4.98 Å². The Morgan fingerprint density at radius 1 is 1.24 bits per heavy atom. The topological polar surface area (TPSA) is 55.6 Å². The van der Waals surface area contributed by atoms with Crippen LogP contribution in [0, 0.1) is 6.92 Å². The molecule has 2 rings (SSSR count). The Kier molecular flexibility index (Phi) is 4.94. The molecule has 0 unspecified atom stereocenters. The minimum Gasteiger partial charge on any atom is -0.370 e. The maximum Gasteiger partial charge on any atom is 0.180 e. The highest BCUT2D eigenvalue weighted by Gasteiger charge is 2.15. The molecule has 1 N–H and O–H groups in total. The molecule has 0 atom stereocenters. The first-order chi connectivity index (χ1) is 10.1. The van der Waals surface area contributed by atoms with Crippen molar-refractivity contribution in [2.24, 2.45) is 0 Å². The molecule has 0 aliphatic heterocycles. The zero-order valence-electron chi connectivity index (χ0n) is 13.6. The van der Waals surface area contributed by atoms with Gasteiger partial charge in [-0.15, -0.1) is 0 Å². The summed E-state index contributed by atoms with van der Waals surface area (Å²) in [6.07, 6.45) is 5.68. The molecule has 21 heavy (non-hydrogen) atoms. The molecule has 0 saturated heterocycles. The second-order valence-corrected chi connectivity index (χ2v) is 5.52. The van der Waals surface area contributed by atoms with E-state index in [9.17, 15) is 0 Å². The third-order valence-electron chi connectivity index (χ3n) is 3.56. The van der Waals surface area contributed by atoms with Crippen LogP contribution in [-0.4, -0.2) is 26.1 Å². The van der Waals surface area contributed by atoms with E-state index in [1.54, 1.807) is 0 Å². The van der Waals surface area contributed by atoms with Gasteiger partial charge in [-0.05, 0) is 33.6 Å². The third-order valence-corrected chi connectivity index (χ3v) is 3.56. The summed E-state index contributed by atoms with van der Waals surface area (Å²) in [5.41, 5.74) is 3.20. The van der Waals surface area contributed by atoms with Crippen LogP contribution in [0.25, 0.3) is 11.5 Å². The van der Waals surface area contributed by atoms with Crippen molar-refractivity contribution in [3.63, 3.8) is 0 Å². The van der Waals surface area contributed by atoms with Gasteiger partial charge >= 0.3 is 0 Å². The Labute approximate surface area is 126 Å². The monoisotopic (exact) mass is 287 g/mol. The first-order valence-electron chi connectivity index (χ1n) is 7.72. The standard InChI is InChI=1S/C16H25N5/c1-6-8-18-15-13(7-2)12(5)19-16(20-15)14-9-17-10-21(14)11(3)4/h9-11H,6-8H2,1-5H3,(H,18,19,20). The summed E-state index contributed by atoms with van der Waals surface area (Å²) >= 11 is 0. The van der Waals surface area contributed by atoms with E-state index in [0.29, 0.717) is 6.04 Å². The van der Waals surface area contributed by atoms with Gasteiger partial charge in [-0.1, -0.05) is 13.8 Å². The molecule has 5 heteroatoms. The van der Waals surface area contributed by atoms with Gasteiger partial charge in [0.1, 0.15) is 11.5 Å². The highest BCUT2D eigenvalue weighted by atomic mass is 15.1. The van der Waals surface area contributed by atoms with Crippen LogP contribution in [-0.2, 0) is 6.42 Å². The molecule has 5 nitrogen and oxygen atoms in total. The van der Waals surface area contributed by atoms with Gasteiger partial charge in [-0.25, -0.2) is 15.0 Å². The fourth-order valence-electron chi connectivity index (χ4n) is 2.41. The summed E-state index contributed by atoms with van der Waals surface area (Å²) in [6.45, 7) is 11.5. The maximum absolute atomic E-state index is 4.74. The first kappa shape index (κ1) is 15.5. The number of aryl methyl sites for hydroxylation is 1. The Hall–Kier alpha value is -1.91. The minimum atomic E-state index is 0.337. The van der Waals surface area contributed by atoms with Crippen LogP contribution in [0.5, 0.6) is 0 Å². The summed E-state index contributed by atoms with van der Waals surface area (Å²) in [4.78, 5) is 13.7. The van der Waals surface area contributed by atoms with E-state index in [1.807, 2.05) is 12.5 Å². The Balaban J connectivity index is 2.49. The van der Waals surface area contributed by atoms with Gasteiger partial charge in [0.25, 0.3) is 0 Å². The number of hydrogen-bond donors (Lipinski definition) is 1. The number of aromatic nitrogens is 4. The van der Waals surface area contributed by atoms with Crippen molar-refractivity contribution in [3.05, 3.63) is 23.8 Å². The number of rotatable bonds is 6. The van der Waals surface area contributed by atoms with Crippen molar-refractivity contribution in [2.45, 2.75) is 53.5 Å². The molecule has 0 aromatic carbocycles. The molecule has 2 heterocycles. The van der Waals surface area contributed by atoms with Crippen LogP contribution < -0.4 is 5.32 Å². The number of nitrogens with zero attached hydrogens (tertiary/aromatic N) is 4. The first-order valence-corrected chi connectivity index (χ1v) is 7.72. The van der Waals surface area contributed by atoms with Gasteiger partial charge in [0, 0.05) is 23.8 Å². The van der Waals surface area contributed by atoms with Crippen LogP contribution in [0.1, 0.15) is 51.4 Å². The highest BCUT2D eigenvalue weighted by Crippen LogP contribution is 2.24. The van der Waals surface area contributed by atoms with E-state index in [-0.39, 0.29) is 0 Å². The van der Waals surface area contributed by atoms with E-state index in [1.165, 1.54) is 5.56 Å². The molecular formula is C16H25N5. The van der Waals surface area contributed by atoms with Gasteiger partial charge in [0.05, 0.1) is 12.5 Å². The van der Waals surface area contributed by atoms with Crippen LogP contribution in [0.3, 0.4) is 0 Å². The number of anilines is 1. The molecule has 0 fully saturated rings. The second-order valence-electron chi connectivity index (χ2n) is 5.52. The summed E-state index contributed by atoms with van der Waals surface area (Å²) in [5.74, 6) is 1.70. The summed E-state index contributed by atoms with van der Waals surface area (Å²) in [5, 5.41) is 3.42. The van der Waals surface area contributed by atoms with E-state index in [0.717, 1.165) is 42.4 Å². The number of imidazole rings is 1. The number of hydrogen-bond acceptors (Lipinski definition) is 4. The molecule has 2 aromatic rings. The molecule has 0 radical (unpaired) electrons. The van der Waals surface area contributed by atoms with Crippen molar-refractivity contribution in [1.82, 2.24) is 19.5 Å². The Morgan fingerprint density at radius 2 is 2.00 bits per heavy atom. The predicted molar refractivity (Wildman–Crippen MR) is 86.5 cm³/mol. The molecule has 114 valence electrons. The van der Waals surface area contributed by atoms with Crippen molar-refractivity contribution >= 4 is 5.82 Å². The molecule has 0 amide bonds. The van der Waals surface area contributed by atoms with Gasteiger partial charge in [-0.2, -0.15) is 0 Å². The minimum absolute atomic E-state index is 0.337. The maximum atomic E-state index is 4.74. The molecule has 0 spiro atoms. The van der Waals surface area contributed by atoms with Crippen molar-refractivity contribution < 1.29 is 0 Å². The lowest BCUT2D eigenvalue weighted by atomic mass is 10.1. The molecule has 0 aliphatic carbocycles. The zero-order valence-corrected chi connectivity index (χ0v) is 13.6. The van der Waals surface area contributed by atoms with Crippen LogP contribution in [0.15, 0.2) is 12.5 Å². The fourth-order valence-corrected chi connectivity index (χ4v) is 2.41. The van der Waals surface area contributed by atoms with Crippen LogP contribution >= 0.6 is 0 Å². The quantitative estimate of drug-likeness (QED) is 0.881. The summed E-state index contributed by atoms with van der Waals surface area (Å²) < 4.78 is 2.10. The SMILES string of the molecule is CCCNc1nc(-c2cncn2C(C)C)nc(C)c1CC. The van der Waals surface area contributed by atoms with Crippen molar-refractivity contribution in [2.75, 3.05) is 11.9 Å². The normalized spacial score (nSPS) is 11.1. The molecule has 0 bridgehead atoms. The lowest BCUT2D eigenvalue weighted by Gasteiger charge is -2.15. The fraction of sp³-hybridized carbons (Fsp3) is 0.562. The van der Waals surface area contributed by atoms with Crippen molar-refractivity contribution in [1.29, 1.82) is 0 Å². The van der Waals surface area contributed by atoms with Gasteiger partial charge in [-0.3, -0.25) is 0 Å².